The fourth-order valence-electron chi connectivity index (χ4n) is 4.81. The zero-order chi connectivity index (χ0) is 31.5. The Morgan fingerprint density at radius 1 is 0.818 bits per heavy atom. The van der Waals surface area contributed by atoms with Gasteiger partial charge in [0.25, 0.3) is 10.0 Å². The summed E-state index contributed by atoms with van der Waals surface area (Å²) in [6, 6.07) is 30.2. The second kappa shape index (κ2) is 15.1. The van der Waals surface area contributed by atoms with Crippen LogP contribution >= 0.6 is 0 Å². The molecule has 9 nitrogen and oxygen atoms in total. The van der Waals surface area contributed by atoms with Crippen molar-refractivity contribution in [3.8, 4) is 11.5 Å². The Bertz CT molecular complexity index is 1630. The number of methoxy groups -OCH3 is 1. The average molecular weight is 616 g/mol. The van der Waals surface area contributed by atoms with Crippen LogP contribution in [0.4, 0.5) is 5.69 Å². The van der Waals surface area contributed by atoms with Crippen LogP contribution in [0.2, 0.25) is 0 Å². The molecule has 10 heteroatoms. The number of sulfonamides is 1. The van der Waals surface area contributed by atoms with Crippen molar-refractivity contribution >= 4 is 27.5 Å². The number of likely N-dealkylation sites (N-methyl/N-ethyl adjacent to an activating group) is 1. The summed E-state index contributed by atoms with van der Waals surface area (Å²) in [5, 5.41) is 2.68. The predicted octanol–water partition coefficient (Wildman–Crippen LogP) is 4.68. The van der Waals surface area contributed by atoms with Gasteiger partial charge in [-0.2, -0.15) is 0 Å². The smallest absolute Gasteiger partial charge is 0.264 e. The van der Waals surface area contributed by atoms with Gasteiger partial charge in [-0.25, -0.2) is 8.42 Å². The number of para-hydroxylation sites is 1. The summed E-state index contributed by atoms with van der Waals surface area (Å²) < 4.78 is 40.1. The van der Waals surface area contributed by atoms with Crippen LogP contribution in [-0.4, -0.2) is 58.5 Å². The monoisotopic (exact) mass is 615 g/mol. The lowest BCUT2D eigenvalue weighted by Crippen LogP contribution is -2.53. The van der Waals surface area contributed by atoms with Gasteiger partial charge in [0.2, 0.25) is 11.8 Å². The van der Waals surface area contributed by atoms with Gasteiger partial charge in [0.15, 0.2) is 0 Å². The van der Waals surface area contributed by atoms with Crippen LogP contribution in [0.3, 0.4) is 0 Å². The summed E-state index contributed by atoms with van der Waals surface area (Å²) in [5.41, 5.74) is 1.89. The number of amides is 2. The van der Waals surface area contributed by atoms with Crippen molar-refractivity contribution in [3.63, 3.8) is 0 Å². The molecule has 0 spiro atoms. The molecule has 230 valence electrons. The fourth-order valence-corrected chi connectivity index (χ4v) is 6.23. The first kappa shape index (κ1) is 32.1. The lowest BCUT2D eigenvalue weighted by molar-refractivity contribution is -0.139. The molecule has 0 bridgehead atoms. The zero-order valence-corrected chi connectivity index (χ0v) is 25.9. The Hall–Kier alpha value is -4.83. The maximum absolute atomic E-state index is 14.3. The van der Waals surface area contributed by atoms with Crippen molar-refractivity contribution < 1.29 is 27.5 Å². The van der Waals surface area contributed by atoms with E-state index in [0.717, 1.165) is 15.4 Å². The first-order valence-electron chi connectivity index (χ1n) is 14.3. The third-order valence-corrected chi connectivity index (χ3v) is 8.84. The molecule has 4 aromatic rings. The van der Waals surface area contributed by atoms with E-state index in [2.05, 4.69) is 5.32 Å². The summed E-state index contributed by atoms with van der Waals surface area (Å²) in [6.07, 6.45) is 0.229. The number of carbonyl (C=O) groups is 2. The maximum atomic E-state index is 14.3. The highest BCUT2D eigenvalue weighted by Gasteiger charge is 2.34. The van der Waals surface area contributed by atoms with Crippen LogP contribution < -0.4 is 19.1 Å². The Kier molecular flexibility index (Phi) is 11.0. The summed E-state index contributed by atoms with van der Waals surface area (Å²) >= 11 is 0. The number of nitrogens with one attached hydrogen (secondary N) is 1. The van der Waals surface area contributed by atoms with Gasteiger partial charge in [-0.1, -0.05) is 60.7 Å². The highest BCUT2D eigenvalue weighted by atomic mass is 32.2. The van der Waals surface area contributed by atoms with E-state index in [9.17, 15) is 18.0 Å². The van der Waals surface area contributed by atoms with E-state index < -0.39 is 28.5 Å². The van der Waals surface area contributed by atoms with E-state index in [1.54, 1.807) is 67.8 Å². The first-order chi connectivity index (χ1) is 21.3. The minimum absolute atomic E-state index is 0.00379. The molecule has 0 heterocycles. The Labute approximate surface area is 259 Å². The summed E-state index contributed by atoms with van der Waals surface area (Å²) in [4.78, 5) is 29.1. The number of carbonyl (C=O) groups excluding carboxylic acids is 2. The highest BCUT2D eigenvalue weighted by Crippen LogP contribution is 2.26. The molecular weight excluding hydrogens is 578 g/mol. The van der Waals surface area contributed by atoms with E-state index in [1.807, 2.05) is 43.3 Å². The highest BCUT2D eigenvalue weighted by molar-refractivity contribution is 7.92. The minimum Gasteiger partial charge on any atom is -0.497 e. The van der Waals surface area contributed by atoms with Crippen molar-refractivity contribution in [2.75, 3.05) is 31.6 Å². The van der Waals surface area contributed by atoms with E-state index in [0.29, 0.717) is 23.8 Å². The summed E-state index contributed by atoms with van der Waals surface area (Å²) in [6.45, 7) is 1.79. The lowest BCUT2D eigenvalue weighted by Gasteiger charge is -2.33. The topological polar surface area (TPSA) is 105 Å². The van der Waals surface area contributed by atoms with Crippen molar-refractivity contribution in [3.05, 3.63) is 120 Å². The van der Waals surface area contributed by atoms with Crippen LogP contribution in [0.15, 0.2) is 114 Å². The standard InChI is InChI=1S/C34H37N3O6S/c1-4-43-29-18-20-31(21-19-29)44(40,41)37(28-15-9-6-10-16-28)25-33(38)36(24-27-14-11-17-30(22-27)42-3)32(34(39)35-2)23-26-12-7-5-8-13-26/h5-22,32H,4,23-25H2,1-3H3,(H,35,39)/t32-/m0/s1. The van der Waals surface area contributed by atoms with Gasteiger partial charge in [0.1, 0.15) is 24.1 Å². The molecule has 0 aliphatic rings. The Morgan fingerprint density at radius 2 is 1.45 bits per heavy atom. The molecule has 0 aromatic heterocycles. The number of anilines is 1. The van der Waals surface area contributed by atoms with E-state index in [4.69, 9.17) is 9.47 Å². The van der Waals surface area contributed by atoms with Crippen LogP contribution in [0.1, 0.15) is 18.1 Å². The second-order valence-corrected chi connectivity index (χ2v) is 11.8. The lowest BCUT2D eigenvalue weighted by atomic mass is 10.0. The largest absolute Gasteiger partial charge is 0.497 e. The van der Waals surface area contributed by atoms with Gasteiger partial charge in [-0.3, -0.25) is 13.9 Å². The number of nitrogens with zero attached hydrogens (tertiary/aromatic N) is 2. The van der Waals surface area contributed by atoms with Gasteiger partial charge < -0.3 is 19.7 Å². The Balaban J connectivity index is 1.76. The molecule has 4 rings (SSSR count). The average Bonchev–Trinajstić information content (AvgIpc) is 3.06. The van der Waals surface area contributed by atoms with Gasteiger partial charge in [0, 0.05) is 20.0 Å². The normalized spacial score (nSPS) is 11.7. The molecule has 2 amide bonds. The predicted molar refractivity (Wildman–Crippen MR) is 170 cm³/mol. The van der Waals surface area contributed by atoms with E-state index in [-0.39, 0.29) is 23.8 Å². The molecule has 0 fully saturated rings. The van der Waals surface area contributed by atoms with Gasteiger partial charge >= 0.3 is 0 Å². The van der Waals surface area contributed by atoms with E-state index >= 15 is 0 Å². The van der Waals surface area contributed by atoms with E-state index in [1.165, 1.54) is 24.1 Å². The molecule has 1 atom stereocenters. The van der Waals surface area contributed by atoms with Crippen molar-refractivity contribution in [1.82, 2.24) is 10.2 Å². The van der Waals surface area contributed by atoms with Crippen LogP contribution in [0, 0.1) is 0 Å². The summed E-state index contributed by atoms with van der Waals surface area (Å²) in [5.74, 6) is 0.215. The third kappa shape index (κ3) is 7.96. The molecule has 0 saturated heterocycles. The Morgan fingerprint density at radius 3 is 2.07 bits per heavy atom. The quantitative estimate of drug-likeness (QED) is 0.221. The van der Waals surface area contributed by atoms with Gasteiger partial charge in [-0.15, -0.1) is 0 Å². The number of rotatable bonds is 14. The van der Waals surface area contributed by atoms with Crippen molar-refractivity contribution in [2.24, 2.45) is 0 Å². The zero-order valence-electron chi connectivity index (χ0n) is 25.1. The van der Waals surface area contributed by atoms with Crippen molar-refractivity contribution in [1.29, 1.82) is 0 Å². The number of ether oxygens (including phenoxy) is 2. The molecular formula is C34H37N3O6S. The molecule has 44 heavy (non-hydrogen) atoms. The van der Waals surface area contributed by atoms with Crippen LogP contribution in [0.5, 0.6) is 11.5 Å². The second-order valence-electron chi connectivity index (χ2n) is 9.94. The number of benzene rings is 4. The third-order valence-electron chi connectivity index (χ3n) is 7.05. The van der Waals surface area contributed by atoms with Gasteiger partial charge in [0.05, 0.1) is 24.3 Å². The van der Waals surface area contributed by atoms with Gasteiger partial charge in [-0.05, 0) is 66.6 Å². The van der Waals surface area contributed by atoms with Crippen molar-refractivity contribution in [2.45, 2.75) is 30.8 Å². The molecule has 0 unspecified atom stereocenters. The van der Waals surface area contributed by atoms with Crippen LogP contribution in [-0.2, 0) is 32.6 Å². The van der Waals surface area contributed by atoms with Crippen LogP contribution in [0.25, 0.3) is 0 Å². The molecule has 0 saturated carbocycles. The summed E-state index contributed by atoms with van der Waals surface area (Å²) in [7, 11) is -1.13. The SMILES string of the molecule is CCOc1ccc(S(=O)(=O)N(CC(=O)N(Cc2cccc(OC)c2)[C@@H](Cc2ccccc2)C(=O)NC)c2ccccc2)cc1. The molecule has 0 aliphatic carbocycles. The number of hydrogen-bond acceptors (Lipinski definition) is 6. The molecule has 4 aromatic carbocycles. The number of hydrogen-bond donors (Lipinski definition) is 1. The maximum Gasteiger partial charge on any atom is 0.264 e. The molecule has 1 N–H and O–H groups in total. The molecule has 0 aliphatic heterocycles. The minimum atomic E-state index is -4.20. The first-order valence-corrected chi connectivity index (χ1v) is 15.7. The fraction of sp³-hybridized carbons (Fsp3) is 0.235. The molecule has 0 radical (unpaired) electrons.